The van der Waals surface area contributed by atoms with E-state index in [0.29, 0.717) is 13.1 Å². The van der Waals surface area contributed by atoms with Crippen LogP contribution in [0, 0.1) is 0 Å². The lowest BCUT2D eigenvalue weighted by molar-refractivity contribution is -0.134. The monoisotopic (exact) mass is 337 g/mol. The normalized spacial score (nSPS) is 14.9. The molecule has 25 heavy (non-hydrogen) atoms. The number of nitrogens with one attached hydrogen (secondary N) is 1. The van der Waals surface area contributed by atoms with E-state index in [4.69, 9.17) is 5.11 Å². The first kappa shape index (κ1) is 15.6. The predicted molar refractivity (Wildman–Crippen MR) is 95.2 cm³/mol. The predicted octanol–water partition coefficient (Wildman–Crippen LogP) is 1.27. The first-order valence-corrected chi connectivity index (χ1v) is 8.29. The third-order valence-corrected chi connectivity index (χ3v) is 4.56. The van der Waals surface area contributed by atoms with Crippen molar-refractivity contribution in [1.29, 1.82) is 0 Å². The summed E-state index contributed by atoms with van der Waals surface area (Å²) in [6.07, 6.45) is 3.60. The lowest BCUT2D eigenvalue weighted by atomic mass is 10.1. The second-order valence-corrected chi connectivity index (χ2v) is 6.04. The molecule has 2 aromatic heterocycles. The number of nitrogens with zero attached hydrogens (tertiary/aromatic N) is 4. The van der Waals surface area contributed by atoms with Crippen molar-refractivity contribution in [2.45, 2.75) is 0 Å². The van der Waals surface area contributed by atoms with Gasteiger partial charge in [-0.05, 0) is 18.2 Å². The molecule has 3 aromatic rings. The molecule has 1 aliphatic heterocycles. The lowest BCUT2D eigenvalue weighted by Crippen LogP contribution is -2.49. The molecule has 0 atom stereocenters. The summed E-state index contributed by atoms with van der Waals surface area (Å²) in [6, 6.07) is 10.1. The Bertz CT molecular complexity index is 882. The first-order valence-electron chi connectivity index (χ1n) is 8.29. The molecule has 1 fully saturated rings. The fourth-order valence-electron chi connectivity index (χ4n) is 3.13. The van der Waals surface area contributed by atoms with E-state index in [1.165, 1.54) is 0 Å². The van der Waals surface area contributed by atoms with Crippen molar-refractivity contribution in [2.24, 2.45) is 0 Å². The van der Waals surface area contributed by atoms with Crippen molar-refractivity contribution in [2.75, 3.05) is 37.7 Å². The van der Waals surface area contributed by atoms with Gasteiger partial charge in [-0.25, -0.2) is 9.97 Å². The van der Waals surface area contributed by atoms with E-state index >= 15 is 0 Å². The molecule has 2 N–H and O–H groups in total. The van der Waals surface area contributed by atoms with Crippen molar-refractivity contribution >= 4 is 22.8 Å². The van der Waals surface area contributed by atoms with Gasteiger partial charge >= 0.3 is 0 Å². The number of anilines is 1. The summed E-state index contributed by atoms with van der Waals surface area (Å²) in [5.41, 5.74) is 4.63. The van der Waals surface area contributed by atoms with Gasteiger partial charge in [-0.15, -0.1) is 0 Å². The van der Waals surface area contributed by atoms with Crippen LogP contribution in [0.25, 0.3) is 22.4 Å². The van der Waals surface area contributed by atoms with Crippen LogP contribution in [0.3, 0.4) is 0 Å². The minimum absolute atomic E-state index is 0.200. The summed E-state index contributed by atoms with van der Waals surface area (Å²) in [5, 5.41) is 8.94. The van der Waals surface area contributed by atoms with Crippen LogP contribution < -0.4 is 4.90 Å². The highest BCUT2D eigenvalue weighted by Crippen LogP contribution is 2.23. The minimum atomic E-state index is -0.415. The van der Waals surface area contributed by atoms with Gasteiger partial charge in [0.2, 0.25) is 5.91 Å². The van der Waals surface area contributed by atoms with Gasteiger partial charge in [0.15, 0.2) is 5.65 Å². The number of rotatable bonds is 3. The molecule has 4 rings (SSSR count). The van der Waals surface area contributed by atoms with Crippen LogP contribution in [0.15, 0.2) is 42.7 Å². The van der Waals surface area contributed by atoms with Crippen molar-refractivity contribution < 1.29 is 9.90 Å². The molecular weight excluding hydrogens is 318 g/mol. The molecule has 1 amide bonds. The summed E-state index contributed by atoms with van der Waals surface area (Å²) < 4.78 is 0. The molecular formula is C18H19N5O2. The molecule has 0 radical (unpaired) electrons. The maximum atomic E-state index is 11.5. The van der Waals surface area contributed by atoms with Crippen molar-refractivity contribution in [3.63, 3.8) is 0 Å². The van der Waals surface area contributed by atoms with Gasteiger partial charge < -0.3 is 19.9 Å². The molecule has 0 bridgehead atoms. The molecule has 0 spiro atoms. The zero-order valence-electron chi connectivity index (χ0n) is 13.7. The highest BCUT2D eigenvalue weighted by atomic mass is 16.3. The van der Waals surface area contributed by atoms with Crippen LogP contribution in [0.4, 0.5) is 5.69 Å². The molecule has 0 aliphatic carbocycles. The molecule has 0 saturated carbocycles. The number of aliphatic hydroxyl groups excluding tert-OH is 1. The van der Waals surface area contributed by atoms with E-state index in [0.717, 1.165) is 41.2 Å². The number of aromatic nitrogens is 3. The second kappa shape index (κ2) is 6.52. The van der Waals surface area contributed by atoms with Crippen LogP contribution in [0.2, 0.25) is 0 Å². The molecule has 128 valence electrons. The Hall–Kier alpha value is -2.93. The second-order valence-electron chi connectivity index (χ2n) is 6.04. The zero-order chi connectivity index (χ0) is 17.2. The lowest BCUT2D eigenvalue weighted by Gasteiger charge is -2.35. The SMILES string of the molecule is O=C(CO)N1CCN(c2ccc(-c3cnc4[nH]ccc4n3)cc2)CC1. The van der Waals surface area contributed by atoms with E-state index in [9.17, 15) is 4.79 Å². The Labute approximate surface area is 144 Å². The summed E-state index contributed by atoms with van der Waals surface area (Å²) in [4.78, 5) is 27.5. The van der Waals surface area contributed by atoms with E-state index < -0.39 is 6.61 Å². The van der Waals surface area contributed by atoms with E-state index in [-0.39, 0.29) is 5.91 Å². The van der Waals surface area contributed by atoms with E-state index in [2.05, 4.69) is 32.0 Å². The molecule has 0 unspecified atom stereocenters. The van der Waals surface area contributed by atoms with Crippen LogP contribution >= 0.6 is 0 Å². The van der Waals surface area contributed by atoms with Gasteiger partial charge in [0.05, 0.1) is 11.9 Å². The van der Waals surface area contributed by atoms with Gasteiger partial charge in [0, 0.05) is 43.6 Å². The van der Waals surface area contributed by atoms with Crippen molar-refractivity contribution in [1.82, 2.24) is 19.9 Å². The standard InChI is InChI=1S/C18H19N5O2/c24-12-17(25)23-9-7-22(8-10-23)14-3-1-13(2-4-14)16-11-20-18-15(21-16)5-6-19-18/h1-6,11,24H,7-10,12H2,(H,19,20). The Morgan fingerprint density at radius 1 is 1.12 bits per heavy atom. The quantitative estimate of drug-likeness (QED) is 0.752. The number of carbonyl (C=O) groups is 1. The largest absolute Gasteiger partial charge is 0.387 e. The topological polar surface area (TPSA) is 85.4 Å². The Morgan fingerprint density at radius 2 is 1.88 bits per heavy atom. The summed E-state index contributed by atoms with van der Waals surface area (Å²) in [6.45, 7) is 2.38. The van der Waals surface area contributed by atoms with Crippen LogP contribution in [-0.4, -0.2) is 63.7 Å². The number of hydrogen-bond donors (Lipinski definition) is 2. The number of benzene rings is 1. The number of H-pyrrole nitrogens is 1. The number of fused-ring (bicyclic) bond motifs is 1. The number of amides is 1. The third-order valence-electron chi connectivity index (χ3n) is 4.56. The number of carbonyl (C=O) groups excluding carboxylic acids is 1. The molecule has 7 nitrogen and oxygen atoms in total. The van der Waals surface area contributed by atoms with Crippen LogP contribution in [0.1, 0.15) is 0 Å². The highest BCUT2D eigenvalue weighted by molar-refractivity contribution is 5.77. The molecule has 1 aliphatic rings. The van der Waals surface area contributed by atoms with Crippen molar-refractivity contribution in [3.8, 4) is 11.3 Å². The smallest absolute Gasteiger partial charge is 0.248 e. The van der Waals surface area contributed by atoms with Crippen molar-refractivity contribution in [3.05, 3.63) is 42.7 Å². The molecule has 1 aromatic carbocycles. The average Bonchev–Trinajstić information content (AvgIpc) is 3.15. The fourth-order valence-corrected chi connectivity index (χ4v) is 3.13. The molecule has 1 saturated heterocycles. The first-order chi connectivity index (χ1) is 12.2. The summed E-state index contributed by atoms with van der Waals surface area (Å²) >= 11 is 0. The van der Waals surface area contributed by atoms with Gasteiger partial charge in [0.1, 0.15) is 12.1 Å². The summed E-state index contributed by atoms with van der Waals surface area (Å²) in [5.74, 6) is -0.200. The highest BCUT2D eigenvalue weighted by Gasteiger charge is 2.20. The van der Waals surface area contributed by atoms with E-state index in [1.54, 1.807) is 11.1 Å². The Kier molecular flexibility index (Phi) is 4.07. The number of aliphatic hydroxyl groups is 1. The Balaban J connectivity index is 1.48. The van der Waals surface area contributed by atoms with Crippen LogP contribution in [-0.2, 0) is 4.79 Å². The Morgan fingerprint density at radius 3 is 2.60 bits per heavy atom. The van der Waals surface area contributed by atoms with Gasteiger partial charge in [-0.3, -0.25) is 4.79 Å². The van der Waals surface area contributed by atoms with E-state index in [1.807, 2.05) is 24.4 Å². The number of aromatic amines is 1. The molecule has 3 heterocycles. The zero-order valence-corrected chi connectivity index (χ0v) is 13.7. The van der Waals surface area contributed by atoms with Crippen LogP contribution in [0.5, 0.6) is 0 Å². The fraction of sp³-hybridized carbons (Fsp3) is 0.278. The van der Waals surface area contributed by atoms with Gasteiger partial charge in [0.25, 0.3) is 0 Å². The maximum Gasteiger partial charge on any atom is 0.248 e. The number of piperazine rings is 1. The average molecular weight is 337 g/mol. The molecule has 7 heteroatoms. The van der Waals surface area contributed by atoms with Gasteiger partial charge in [-0.1, -0.05) is 12.1 Å². The third kappa shape index (κ3) is 3.06. The minimum Gasteiger partial charge on any atom is -0.387 e. The number of hydrogen-bond acceptors (Lipinski definition) is 5. The maximum absolute atomic E-state index is 11.5. The summed E-state index contributed by atoms with van der Waals surface area (Å²) in [7, 11) is 0. The van der Waals surface area contributed by atoms with Gasteiger partial charge in [-0.2, -0.15) is 0 Å².